The lowest BCUT2D eigenvalue weighted by atomic mass is 9.82. The molecule has 3 heterocycles. The second kappa shape index (κ2) is 7.65. The summed E-state index contributed by atoms with van der Waals surface area (Å²) in [6.07, 6.45) is 5.78. The summed E-state index contributed by atoms with van der Waals surface area (Å²) >= 11 is 0. The first kappa shape index (κ1) is 17.9. The molecule has 0 bridgehead atoms. The van der Waals surface area contributed by atoms with Crippen molar-refractivity contribution in [2.24, 2.45) is 17.6 Å². The second-order valence-electron chi connectivity index (χ2n) is 8.37. The van der Waals surface area contributed by atoms with Gasteiger partial charge in [-0.3, -0.25) is 0 Å². The van der Waals surface area contributed by atoms with Crippen molar-refractivity contribution in [3.05, 3.63) is 41.1 Å². The van der Waals surface area contributed by atoms with Gasteiger partial charge in [0.05, 0.1) is 0 Å². The minimum Gasteiger partial charge on any atom is -0.564 e. The highest BCUT2D eigenvalue weighted by Gasteiger charge is 2.33. The van der Waals surface area contributed by atoms with Crippen LogP contribution >= 0.6 is 0 Å². The lowest BCUT2D eigenvalue weighted by Gasteiger charge is -2.45. The van der Waals surface area contributed by atoms with Gasteiger partial charge < -0.3 is 20.6 Å². The minimum atomic E-state index is 0.122. The van der Waals surface area contributed by atoms with Gasteiger partial charge in [-0.2, -0.15) is 0 Å². The molecule has 2 saturated heterocycles. The van der Waals surface area contributed by atoms with Crippen molar-refractivity contribution in [2.75, 3.05) is 26.2 Å². The third kappa shape index (κ3) is 3.52. The molecule has 0 saturated carbocycles. The number of benzene rings is 1. The molecule has 4 rings (SSSR count). The molecular weight excluding hydrogens is 321 g/mol. The summed E-state index contributed by atoms with van der Waals surface area (Å²) in [6.45, 7) is 10.9. The monoisotopic (exact) mass is 353 g/mol. The first-order valence-corrected chi connectivity index (χ1v) is 10.3. The zero-order chi connectivity index (χ0) is 18.1. The molecular formula is C21H32BN3O. The average molecular weight is 353 g/mol. The van der Waals surface area contributed by atoms with E-state index in [1.807, 2.05) is 0 Å². The largest absolute Gasteiger partial charge is 0.564 e. The van der Waals surface area contributed by atoms with Crippen LogP contribution in [0.25, 0.3) is 0 Å². The number of fused-ring (bicyclic) bond motifs is 1. The van der Waals surface area contributed by atoms with Crippen molar-refractivity contribution in [1.82, 2.24) is 10.2 Å². The molecule has 1 aromatic rings. The summed E-state index contributed by atoms with van der Waals surface area (Å²) in [5.41, 5.74) is 11.9. The molecule has 1 atom stereocenters. The molecule has 4 nitrogen and oxygen atoms in total. The molecule has 0 spiro atoms. The summed E-state index contributed by atoms with van der Waals surface area (Å²) in [5.74, 6) is 2.44. The van der Waals surface area contributed by atoms with Gasteiger partial charge in [0.2, 0.25) is 0 Å². The number of aryl methyl sites for hydroxylation is 1. The number of hydrogen-bond donors (Lipinski definition) is 2. The third-order valence-electron chi connectivity index (χ3n) is 6.58. The molecule has 140 valence electrons. The van der Waals surface area contributed by atoms with E-state index in [-0.39, 0.29) is 6.04 Å². The first-order chi connectivity index (χ1) is 12.6. The van der Waals surface area contributed by atoms with E-state index in [1.165, 1.54) is 29.5 Å². The van der Waals surface area contributed by atoms with E-state index in [2.05, 4.69) is 35.9 Å². The van der Waals surface area contributed by atoms with Crippen LogP contribution in [0.3, 0.4) is 0 Å². The SMILES string of the molecule is C=C(C(N)C1CCNCC1)N1CC(Cc2ccc3c(c2C)OBCC3)C1. The molecule has 1 unspecified atom stereocenters. The van der Waals surface area contributed by atoms with Gasteiger partial charge in [0.25, 0.3) is 0 Å². The van der Waals surface area contributed by atoms with Crippen LogP contribution in [0.1, 0.15) is 29.5 Å². The Morgan fingerprint density at radius 3 is 2.92 bits per heavy atom. The smallest absolute Gasteiger partial charge is 0.340 e. The Kier molecular flexibility index (Phi) is 5.28. The summed E-state index contributed by atoms with van der Waals surface area (Å²) in [5, 5.41) is 3.42. The molecule has 5 heteroatoms. The van der Waals surface area contributed by atoms with Crippen LogP contribution in [-0.4, -0.2) is 44.6 Å². The number of likely N-dealkylation sites (tertiary alicyclic amines) is 1. The molecule has 0 amide bonds. The summed E-state index contributed by atoms with van der Waals surface area (Å²) < 4.78 is 5.94. The predicted octanol–water partition coefficient (Wildman–Crippen LogP) is 2.01. The normalized spacial score (nSPS) is 22.0. The van der Waals surface area contributed by atoms with E-state index in [0.29, 0.717) is 11.8 Å². The van der Waals surface area contributed by atoms with Crippen molar-refractivity contribution in [1.29, 1.82) is 0 Å². The molecule has 26 heavy (non-hydrogen) atoms. The van der Waals surface area contributed by atoms with Crippen LogP contribution in [0.4, 0.5) is 0 Å². The Morgan fingerprint density at radius 1 is 1.38 bits per heavy atom. The molecule has 0 aromatic heterocycles. The fourth-order valence-corrected chi connectivity index (χ4v) is 4.78. The van der Waals surface area contributed by atoms with Crippen LogP contribution in [0.5, 0.6) is 5.75 Å². The van der Waals surface area contributed by atoms with Crippen molar-refractivity contribution < 1.29 is 4.65 Å². The van der Waals surface area contributed by atoms with E-state index >= 15 is 0 Å². The Bertz CT molecular complexity index is 665. The van der Waals surface area contributed by atoms with E-state index in [1.54, 1.807) is 0 Å². The van der Waals surface area contributed by atoms with Crippen LogP contribution in [0, 0.1) is 18.8 Å². The van der Waals surface area contributed by atoms with Crippen molar-refractivity contribution in [2.45, 2.75) is 45.0 Å². The summed E-state index contributed by atoms with van der Waals surface area (Å²) in [4.78, 5) is 2.40. The van der Waals surface area contributed by atoms with Crippen LogP contribution in [0.15, 0.2) is 24.4 Å². The van der Waals surface area contributed by atoms with Crippen LogP contribution in [0.2, 0.25) is 6.32 Å². The molecule has 1 aromatic carbocycles. The van der Waals surface area contributed by atoms with Gasteiger partial charge in [0.1, 0.15) is 5.75 Å². The van der Waals surface area contributed by atoms with E-state index in [9.17, 15) is 0 Å². The highest BCUT2D eigenvalue weighted by molar-refractivity contribution is 6.29. The Hall–Kier alpha value is -1.46. The van der Waals surface area contributed by atoms with Gasteiger partial charge in [-0.1, -0.05) is 18.7 Å². The maximum Gasteiger partial charge on any atom is 0.340 e. The lowest BCUT2D eigenvalue weighted by Crippen LogP contribution is -2.52. The molecule has 3 aliphatic heterocycles. The predicted molar refractivity (Wildman–Crippen MR) is 109 cm³/mol. The molecule has 3 N–H and O–H groups in total. The van der Waals surface area contributed by atoms with Gasteiger partial charge >= 0.3 is 7.48 Å². The van der Waals surface area contributed by atoms with E-state index in [4.69, 9.17) is 10.4 Å². The summed E-state index contributed by atoms with van der Waals surface area (Å²) in [7, 11) is 0.864. The number of hydrogen-bond acceptors (Lipinski definition) is 4. The second-order valence-corrected chi connectivity index (χ2v) is 8.37. The number of piperidine rings is 1. The summed E-state index contributed by atoms with van der Waals surface area (Å²) in [6, 6.07) is 4.72. The molecule has 0 radical (unpaired) electrons. The fourth-order valence-electron chi connectivity index (χ4n) is 4.78. The topological polar surface area (TPSA) is 50.5 Å². The van der Waals surface area contributed by atoms with Gasteiger partial charge in [0, 0.05) is 24.8 Å². The molecule has 3 aliphatic rings. The highest BCUT2D eigenvalue weighted by Crippen LogP contribution is 2.34. The van der Waals surface area contributed by atoms with Crippen molar-refractivity contribution in [3.8, 4) is 5.75 Å². The Morgan fingerprint density at radius 2 is 2.15 bits per heavy atom. The third-order valence-corrected chi connectivity index (χ3v) is 6.58. The van der Waals surface area contributed by atoms with Crippen LogP contribution < -0.4 is 15.7 Å². The van der Waals surface area contributed by atoms with E-state index in [0.717, 1.165) is 64.3 Å². The Labute approximate surface area is 158 Å². The maximum atomic E-state index is 6.52. The molecule has 0 aliphatic carbocycles. The quantitative estimate of drug-likeness (QED) is 0.796. The zero-order valence-corrected chi connectivity index (χ0v) is 16.1. The molecule has 2 fully saturated rings. The van der Waals surface area contributed by atoms with Crippen molar-refractivity contribution in [3.63, 3.8) is 0 Å². The number of nitrogens with one attached hydrogen (secondary N) is 1. The van der Waals surface area contributed by atoms with Crippen molar-refractivity contribution >= 4 is 7.48 Å². The Balaban J connectivity index is 1.32. The van der Waals surface area contributed by atoms with E-state index < -0.39 is 0 Å². The standard InChI is InChI=1S/C21H32BN3O/c1-14-19(4-3-18-5-8-22-26-21(14)18)11-16-12-25(13-16)15(2)20(23)17-6-9-24-10-7-17/h3-4,16-17,20,22,24H,2,5-13,23H2,1H3. The number of nitrogens with two attached hydrogens (primary N) is 1. The first-order valence-electron chi connectivity index (χ1n) is 10.3. The highest BCUT2D eigenvalue weighted by atomic mass is 16.4. The number of nitrogens with zero attached hydrogens (tertiary/aromatic N) is 1. The zero-order valence-electron chi connectivity index (χ0n) is 16.1. The fraction of sp³-hybridized carbons (Fsp3) is 0.619. The van der Waals surface area contributed by atoms with Gasteiger partial charge in [-0.15, -0.1) is 0 Å². The average Bonchev–Trinajstić information content (AvgIpc) is 2.65. The number of rotatable bonds is 5. The van der Waals surface area contributed by atoms with Gasteiger partial charge in [-0.05, 0) is 80.5 Å². The van der Waals surface area contributed by atoms with Gasteiger partial charge in [-0.25, -0.2) is 0 Å². The van der Waals surface area contributed by atoms with Gasteiger partial charge in [0.15, 0.2) is 0 Å². The van der Waals surface area contributed by atoms with Crippen LogP contribution in [-0.2, 0) is 12.8 Å². The maximum absolute atomic E-state index is 6.52. The lowest BCUT2D eigenvalue weighted by molar-refractivity contribution is 0.125. The minimum absolute atomic E-state index is 0.122.